The number of aryl methyl sites for hydroxylation is 1. The number of nitrogens with zero attached hydrogens (tertiary/aromatic N) is 3. The lowest BCUT2D eigenvalue weighted by molar-refractivity contribution is -0.133. The van der Waals surface area contributed by atoms with Gasteiger partial charge in [0.2, 0.25) is 0 Å². The van der Waals surface area contributed by atoms with Crippen LogP contribution in [0.3, 0.4) is 0 Å². The molecule has 0 bridgehead atoms. The van der Waals surface area contributed by atoms with Crippen molar-refractivity contribution in [2.75, 3.05) is 32.8 Å². The maximum absolute atomic E-state index is 13.0. The Morgan fingerprint density at radius 2 is 1.79 bits per heavy atom. The molecule has 2 amide bonds. The summed E-state index contributed by atoms with van der Waals surface area (Å²) in [7, 11) is 0. The van der Waals surface area contributed by atoms with Gasteiger partial charge >= 0.3 is 0 Å². The van der Waals surface area contributed by atoms with Gasteiger partial charge in [-0.15, -0.1) is 0 Å². The largest absolute Gasteiger partial charge is 0.483 e. The molecule has 3 aromatic rings. The molecule has 174 valence electrons. The normalized spacial score (nSPS) is 14.9. The molecule has 1 N–H and O–H groups in total. The number of carbonyl (C=O) groups excluding carboxylic acids is 2. The summed E-state index contributed by atoms with van der Waals surface area (Å²) in [5.74, 6) is 0.678. The van der Waals surface area contributed by atoms with Crippen molar-refractivity contribution < 1.29 is 14.3 Å². The van der Waals surface area contributed by atoms with E-state index in [0.29, 0.717) is 31.7 Å². The Kier molecular flexibility index (Phi) is 6.40. The fourth-order valence-electron chi connectivity index (χ4n) is 4.21. The topological polar surface area (TPSA) is 78.5 Å². The van der Waals surface area contributed by atoms with Gasteiger partial charge < -0.3 is 19.5 Å². The Morgan fingerprint density at radius 1 is 1.03 bits per heavy atom. The van der Waals surface area contributed by atoms with E-state index in [-0.39, 0.29) is 23.8 Å². The van der Waals surface area contributed by atoms with Gasteiger partial charge in [-0.25, -0.2) is 4.98 Å². The molecule has 1 saturated heterocycles. The van der Waals surface area contributed by atoms with Crippen molar-refractivity contribution in [1.29, 1.82) is 0 Å². The van der Waals surface area contributed by atoms with Crippen LogP contribution in [0.1, 0.15) is 48.7 Å². The highest BCUT2D eigenvalue weighted by atomic mass is 16.5. The number of hydrogen-bond donors (Lipinski definition) is 1. The van der Waals surface area contributed by atoms with Gasteiger partial charge in [-0.2, -0.15) is 0 Å². The van der Waals surface area contributed by atoms with Crippen molar-refractivity contribution in [1.82, 2.24) is 19.8 Å². The minimum Gasteiger partial charge on any atom is -0.483 e. The number of rotatable bonds is 4. The van der Waals surface area contributed by atoms with Gasteiger partial charge in [0.1, 0.15) is 5.75 Å². The second-order valence-corrected chi connectivity index (χ2v) is 9.70. The first kappa shape index (κ1) is 22.8. The number of fused-ring (bicyclic) bond motifs is 1. The molecule has 7 nitrogen and oxygen atoms in total. The van der Waals surface area contributed by atoms with Crippen LogP contribution in [0, 0.1) is 6.92 Å². The third-order valence-electron chi connectivity index (χ3n) is 6.10. The highest BCUT2D eigenvalue weighted by Gasteiger charge is 2.24. The molecule has 4 rings (SSSR count). The number of imidazole rings is 1. The number of benzene rings is 2. The van der Waals surface area contributed by atoms with Crippen LogP contribution in [0.2, 0.25) is 0 Å². The van der Waals surface area contributed by atoms with Crippen LogP contribution in [-0.2, 0) is 10.2 Å². The molecular weight excluding hydrogens is 416 g/mol. The molecule has 0 atom stereocenters. The van der Waals surface area contributed by atoms with Crippen molar-refractivity contribution >= 4 is 22.8 Å². The molecular formula is C26H32N4O3. The SMILES string of the molecule is Cc1ccc(OCC(=O)N2CCCN(C(=O)c3ccc4nc[nH]c4c3)CC2)c(C(C)(C)C)c1. The number of hydrogen-bond acceptors (Lipinski definition) is 4. The summed E-state index contributed by atoms with van der Waals surface area (Å²) in [4.78, 5) is 36.8. The number of nitrogens with one attached hydrogen (secondary N) is 1. The maximum atomic E-state index is 13.0. The number of carbonyl (C=O) groups is 2. The van der Waals surface area contributed by atoms with Crippen LogP contribution < -0.4 is 4.74 Å². The first-order chi connectivity index (χ1) is 15.7. The van der Waals surface area contributed by atoms with Gasteiger partial charge in [-0.3, -0.25) is 9.59 Å². The third-order valence-corrected chi connectivity index (χ3v) is 6.10. The fourth-order valence-corrected chi connectivity index (χ4v) is 4.21. The van der Waals surface area contributed by atoms with Crippen LogP contribution in [0.4, 0.5) is 0 Å². The number of aromatic nitrogens is 2. The first-order valence-corrected chi connectivity index (χ1v) is 11.5. The second-order valence-electron chi connectivity index (χ2n) is 9.70. The first-order valence-electron chi connectivity index (χ1n) is 11.5. The predicted molar refractivity (Wildman–Crippen MR) is 129 cm³/mol. The monoisotopic (exact) mass is 448 g/mol. The van der Waals surface area contributed by atoms with Crippen molar-refractivity contribution in [3.8, 4) is 5.75 Å². The van der Waals surface area contributed by atoms with E-state index in [2.05, 4.69) is 43.7 Å². The zero-order valence-corrected chi connectivity index (χ0v) is 19.9. The van der Waals surface area contributed by atoms with Gasteiger partial charge in [-0.1, -0.05) is 38.5 Å². The van der Waals surface area contributed by atoms with Crippen molar-refractivity contribution in [3.63, 3.8) is 0 Å². The summed E-state index contributed by atoms with van der Waals surface area (Å²) in [5, 5.41) is 0. The molecule has 1 fully saturated rings. The zero-order valence-electron chi connectivity index (χ0n) is 19.9. The van der Waals surface area contributed by atoms with Crippen LogP contribution in [0.15, 0.2) is 42.7 Å². The standard InChI is InChI=1S/C26H32N4O3/c1-18-6-9-23(20(14-18)26(2,3)4)33-16-24(31)29-10-5-11-30(13-12-29)25(32)19-7-8-21-22(15-19)28-17-27-21/h6-9,14-15,17H,5,10-13,16H2,1-4H3,(H,27,28). The number of H-pyrrole nitrogens is 1. The van der Waals surface area contributed by atoms with E-state index in [1.165, 1.54) is 5.56 Å². The molecule has 7 heteroatoms. The van der Waals surface area contributed by atoms with Crippen LogP contribution in [-0.4, -0.2) is 64.4 Å². The number of amides is 2. The van der Waals surface area contributed by atoms with Gasteiger partial charge in [-0.05, 0) is 48.6 Å². The van der Waals surface area contributed by atoms with Gasteiger partial charge in [0, 0.05) is 31.7 Å². The molecule has 33 heavy (non-hydrogen) atoms. The lowest BCUT2D eigenvalue weighted by Gasteiger charge is -2.25. The van der Waals surface area contributed by atoms with Gasteiger partial charge in [0.15, 0.2) is 6.61 Å². The maximum Gasteiger partial charge on any atom is 0.260 e. The Morgan fingerprint density at radius 3 is 2.58 bits per heavy atom. The average molecular weight is 449 g/mol. The van der Waals surface area contributed by atoms with E-state index < -0.39 is 0 Å². The summed E-state index contributed by atoms with van der Waals surface area (Å²) in [6, 6.07) is 11.6. The lowest BCUT2D eigenvalue weighted by Crippen LogP contribution is -2.39. The fraction of sp³-hybridized carbons (Fsp3) is 0.423. The Labute approximate surface area is 194 Å². The summed E-state index contributed by atoms with van der Waals surface area (Å²) in [6.45, 7) is 10.7. The molecule has 2 heterocycles. The zero-order chi connectivity index (χ0) is 23.6. The Bertz CT molecular complexity index is 1160. The van der Waals surface area contributed by atoms with Crippen LogP contribution >= 0.6 is 0 Å². The van der Waals surface area contributed by atoms with Crippen molar-refractivity contribution in [2.45, 2.75) is 39.5 Å². The van der Waals surface area contributed by atoms with E-state index in [1.807, 2.05) is 35.2 Å². The lowest BCUT2D eigenvalue weighted by atomic mass is 9.85. The molecule has 2 aromatic carbocycles. The van der Waals surface area contributed by atoms with Crippen molar-refractivity contribution in [2.24, 2.45) is 0 Å². The minimum absolute atomic E-state index is 0.00339. The third kappa shape index (κ3) is 5.18. The molecule has 0 spiro atoms. The molecule has 0 radical (unpaired) electrons. The summed E-state index contributed by atoms with van der Waals surface area (Å²) < 4.78 is 5.97. The Balaban J connectivity index is 1.37. The number of aromatic amines is 1. The highest BCUT2D eigenvalue weighted by Crippen LogP contribution is 2.32. The van der Waals surface area contributed by atoms with Crippen molar-refractivity contribution in [3.05, 3.63) is 59.4 Å². The van der Waals surface area contributed by atoms with E-state index in [0.717, 1.165) is 28.8 Å². The summed E-state index contributed by atoms with van der Waals surface area (Å²) in [6.07, 6.45) is 2.36. The molecule has 1 aromatic heterocycles. The number of ether oxygens (including phenoxy) is 1. The molecule has 0 aliphatic carbocycles. The van der Waals surface area contributed by atoms with Crippen LogP contribution in [0.25, 0.3) is 11.0 Å². The van der Waals surface area contributed by atoms with E-state index in [9.17, 15) is 9.59 Å². The smallest absolute Gasteiger partial charge is 0.260 e. The van der Waals surface area contributed by atoms with E-state index in [4.69, 9.17) is 4.74 Å². The van der Waals surface area contributed by atoms with Gasteiger partial charge in [0.25, 0.3) is 11.8 Å². The minimum atomic E-state index is -0.0763. The highest BCUT2D eigenvalue weighted by molar-refractivity contribution is 5.97. The molecule has 0 saturated carbocycles. The predicted octanol–water partition coefficient (Wildman–Crippen LogP) is 3.92. The van der Waals surface area contributed by atoms with Gasteiger partial charge in [0.05, 0.1) is 17.4 Å². The molecule has 1 aliphatic heterocycles. The molecule has 0 unspecified atom stereocenters. The summed E-state index contributed by atoms with van der Waals surface area (Å²) in [5.41, 5.74) is 4.49. The van der Waals surface area contributed by atoms with Crippen LogP contribution in [0.5, 0.6) is 5.75 Å². The van der Waals surface area contributed by atoms with E-state index in [1.54, 1.807) is 11.2 Å². The quantitative estimate of drug-likeness (QED) is 0.656. The second kappa shape index (κ2) is 9.25. The molecule has 1 aliphatic rings. The summed E-state index contributed by atoms with van der Waals surface area (Å²) >= 11 is 0. The average Bonchev–Trinajstić information content (AvgIpc) is 3.11. The van der Waals surface area contributed by atoms with E-state index >= 15 is 0 Å². The Hall–Kier alpha value is -3.35.